The van der Waals surface area contributed by atoms with E-state index in [1.165, 1.54) is 12.8 Å². The Hall–Kier alpha value is -0.120. The quantitative estimate of drug-likeness (QED) is 0.527. The van der Waals surface area contributed by atoms with Crippen molar-refractivity contribution in [1.82, 2.24) is 0 Å². The van der Waals surface area contributed by atoms with Crippen LogP contribution in [0.4, 0.5) is 0 Å². The maximum Gasteiger partial charge on any atom is 0.0781 e. The van der Waals surface area contributed by atoms with Gasteiger partial charge in [0.15, 0.2) is 0 Å². The summed E-state index contributed by atoms with van der Waals surface area (Å²) in [5, 5.41) is 0. The van der Waals surface area contributed by atoms with Crippen LogP contribution in [0.1, 0.15) is 33.6 Å². The molecule has 0 bridgehead atoms. The topological polar surface area (TPSA) is 27.7 Å². The van der Waals surface area contributed by atoms with Crippen molar-refractivity contribution in [1.29, 1.82) is 0 Å². The van der Waals surface area contributed by atoms with Crippen molar-refractivity contribution >= 4 is 0 Å². The fraction of sp³-hybridized carbons (Fsp3) is 1.00. The van der Waals surface area contributed by atoms with E-state index in [9.17, 15) is 0 Å². The third-order valence-electron chi connectivity index (χ3n) is 2.23. The second kappa shape index (κ2) is 10.4. The van der Waals surface area contributed by atoms with Gasteiger partial charge >= 0.3 is 0 Å². The summed E-state index contributed by atoms with van der Waals surface area (Å²) in [6, 6.07) is 0. The zero-order chi connectivity index (χ0) is 11.5. The van der Waals surface area contributed by atoms with Crippen molar-refractivity contribution in [3.05, 3.63) is 0 Å². The van der Waals surface area contributed by atoms with Gasteiger partial charge in [-0.25, -0.2) is 0 Å². The van der Waals surface area contributed by atoms with Gasteiger partial charge in [-0.1, -0.05) is 20.3 Å². The van der Waals surface area contributed by atoms with Crippen LogP contribution in [0.2, 0.25) is 0 Å². The van der Waals surface area contributed by atoms with E-state index in [-0.39, 0.29) is 6.10 Å². The van der Waals surface area contributed by atoms with Crippen molar-refractivity contribution in [2.45, 2.75) is 39.7 Å². The van der Waals surface area contributed by atoms with Gasteiger partial charge in [0.05, 0.1) is 25.9 Å². The largest absolute Gasteiger partial charge is 0.382 e. The Kier molecular flexibility index (Phi) is 10.3. The fourth-order valence-corrected chi connectivity index (χ4v) is 1.39. The summed E-state index contributed by atoms with van der Waals surface area (Å²) in [7, 11) is 1.68. The summed E-state index contributed by atoms with van der Waals surface area (Å²) in [4.78, 5) is 0. The highest BCUT2D eigenvalue weighted by molar-refractivity contribution is 4.52. The summed E-state index contributed by atoms with van der Waals surface area (Å²) in [5.41, 5.74) is 0. The van der Waals surface area contributed by atoms with Crippen LogP contribution in [0, 0.1) is 5.92 Å². The molecule has 92 valence electrons. The molecule has 0 aliphatic heterocycles. The van der Waals surface area contributed by atoms with Crippen LogP contribution in [0.15, 0.2) is 0 Å². The lowest BCUT2D eigenvalue weighted by atomic mass is 10.1. The summed E-state index contributed by atoms with van der Waals surface area (Å²) in [6.07, 6.45) is 2.62. The van der Waals surface area contributed by atoms with Crippen LogP contribution >= 0.6 is 0 Å². The molecule has 0 aromatic rings. The third-order valence-corrected chi connectivity index (χ3v) is 2.23. The first-order valence-corrected chi connectivity index (χ1v) is 5.89. The maximum absolute atomic E-state index is 5.57. The molecular formula is C12H26O3. The molecule has 0 fully saturated rings. The summed E-state index contributed by atoms with van der Waals surface area (Å²) in [5.74, 6) is 0.654. The average Bonchev–Trinajstić information content (AvgIpc) is 2.18. The summed E-state index contributed by atoms with van der Waals surface area (Å²) >= 11 is 0. The van der Waals surface area contributed by atoms with Crippen molar-refractivity contribution in [2.75, 3.05) is 33.5 Å². The fourth-order valence-electron chi connectivity index (χ4n) is 1.39. The Morgan fingerprint density at radius 3 is 2.40 bits per heavy atom. The van der Waals surface area contributed by atoms with E-state index in [2.05, 4.69) is 13.8 Å². The molecule has 0 radical (unpaired) electrons. The lowest BCUT2D eigenvalue weighted by Gasteiger charge is -2.15. The van der Waals surface area contributed by atoms with E-state index in [1.54, 1.807) is 7.11 Å². The van der Waals surface area contributed by atoms with Gasteiger partial charge < -0.3 is 14.2 Å². The van der Waals surface area contributed by atoms with Crippen LogP contribution in [0.5, 0.6) is 0 Å². The number of rotatable bonds is 10. The minimum Gasteiger partial charge on any atom is -0.382 e. The van der Waals surface area contributed by atoms with Crippen LogP contribution in [-0.2, 0) is 14.2 Å². The van der Waals surface area contributed by atoms with Crippen molar-refractivity contribution < 1.29 is 14.2 Å². The van der Waals surface area contributed by atoms with Gasteiger partial charge in [0, 0.05) is 13.7 Å². The van der Waals surface area contributed by atoms with Crippen LogP contribution in [0.25, 0.3) is 0 Å². The lowest BCUT2D eigenvalue weighted by molar-refractivity contribution is -0.0296. The Morgan fingerprint density at radius 2 is 1.80 bits per heavy atom. The Morgan fingerprint density at radius 1 is 1.07 bits per heavy atom. The molecule has 2 atom stereocenters. The Labute approximate surface area is 94.1 Å². The smallest absolute Gasteiger partial charge is 0.0781 e. The first kappa shape index (κ1) is 14.9. The van der Waals surface area contributed by atoms with Crippen molar-refractivity contribution in [2.24, 2.45) is 5.92 Å². The molecule has 0 aromatic heterocycles. The maximum atomic E-state index is 5.57. The lowest BCUT2D eigenvalue weighted by Crippen LogP contribution is -2.20. The first-order chi connectivity index (χ1) is 7.20. The highest BCUT2D eigenvalue weighted by Gasteiger charge is 2.04. The van der Waals surface area contributed by atoms with Crippen molar-refractivity contribution in [3.8, 4) is 0 Å². The van der Waals surface area contributed by atoms with Gasteiger partial charge in [-0.05, 0) is 19.3 Å². The van der Waals surface area contributed by atoms with Crippen molar-refractivity contribution in [3.63, 3.8) is 0 Å². The molecule has 15 heavy (non-hydrogen) atoms. The van der Waals surface area contributed by atoms with Crippen LogP contribution < -0.4 is 0 Å². The molecule has 0 aliphatic rings. The molecule has 0 rings (SSSR count). The molecule has 0 saturated heterocycles. The van der Waals surface area contributed by atoms with E-state index in [4.69, 9.17) is 14.2 Å². The molecular weight excluding hydrogens is 192 g/mol. The summed E-state index contributed by atoms with van der Waals surface area (Å²) in [6.45, 7) is 9.26. The van der Waals surface area contributed by atoms with Gasteiger partial charge in [0.1, 0.15) is 0 Å². The van der Waals surface area contributed by atoms with Gasteiger partial charge in [0.2, 0.25) is 0 Å². The van der Waals surface area contributed by atoms with Crippen LogP contribution in [0.3, 0.4) is 0 Å². The standard InChI is InChI=1S/C12H26O3/c1-5-6-11(2)9-14-10-12(3)15-8-7-13-4/h11-12H,5-10H2,1-4H3. The predicted octanol–water partition coefficient (Wildman–Crippen LogP) is 2.49. The predicted molar refractivity (Wildman–Crippen MR) is 62.2 cm³/mol. The minimum absolute atomic E-state index is 0.161. The molecule has 0 aromatic carbocycles. The Balaban J connectivity index is 3.26. The second-order valence-corrected chi connectivity index (χ2v) is 4.11. The zero-order valence-corrected chi connectivity index (χ0v) is 10.6. The van der Waals surface area contributed by atoms with E-state index < -0.39 is 0 Å². The van der Waals surface area contributed by atoms with E-state index in [1.807, 2.05) is 6.92 Å². The molecule has 3 nitrogen and oxygen atoms in total. The molecule has 2 unspecified atom stereocenters. The molecule has 0 spiro atoms. The Bertz CT molecular complexity index is 128. The second-order valence-electron chi connectivity index (χ2n) is 4.11. The first-order valence-electron chi connectivity index (χ1n) is 5.89. The number of methoxy groups -OCH3 is 1. The minimum atomic E-state index is 0.161. The number of ether oxygens (including phenoxy) is 3. The van der Waals surface area contributed by atoms with Gasteiger partial charge in [-0.3, -0.25) is 0 Å². The highest BCUT2D eigenvalue weighted by atomic mass is 16.5. The molecule has 0 heterocycles. The molecule has 0 aliphatic carbocycles. The summed E-state index contributed by atoms with van der Waals surface area (Å²) < 4.78 is 15.9. The molecule has 3 heteroatoms. The normalized spacial score (nSPS) is 15.2. The monoisotopic (exact) mass is 218 g/mol. The van der Waals surface area contributed by atoms with E-state index >= 15 is 0 Å². The van der Waals surface area contributed by atoms with Crippen LogP contribution in [-0.4, -0.2) is 39.6 Å². The number of hydrogen-bond donors (Lipinski definition) is 0. The van der Waals surface area contributed by atoms with Gasteiger partial charge in [0.25, 0.3) is 0 Å². The third kappa shape index (κ3) is 10.2. The van der Waals surface area contributed by atoms with Gasteiger partial charge in [-0.15, -0.1) is 0 Å². The van der Waals surface area contributed by atoms with E-state index in [0.29, 0.717) is 25.7 Å². The molecule has 0 saturated carbocycles. The SMILES string of the molecule is CCCC(C)COCC(C)OCCOC. The molecule has 0 amide bonds. The highest BCUT2D eigenvalue weighted by Crippen LogP contribution is 2.05. The molecule has 0 N–H and O–H groups in total. The van der Waals surface area contributed by atoms with Gasteiger partial charge in [-0.2, -0.15) is 0 Å². The number of hydrogen-bond acceptors (Lipinski definition) is 3. The van der Waals surface area contributed by atoms with E-state index in [0.717, 1.165) is 6.61 Å². The zero-order valence-electron chi connectivity index (χ0n) is 10.6. The average molecular weight is 218 g/mol.